The molecule has 0 saturated carbocycles. The maximum absolute atomic E-state index is 14.0. The molecule has 9 heteroatoms. The van der Waals surface area contributed by atoms with E-state index in [9.17, 15) is 23.9 Å². The zero-order valence-corrected chi connectivity index (χ0v) is 14.4. The third kappa shape index (κ3) is 3.77. The lowest BCUT2D eigenvalue weighted by molar-refractivity contribution is -0.145. The minimum atomic E-state index is -1.76. The second-order valence-electron chi connectivity index (χ2n) is 5.89. The summed E-state index contributed by atoms with van der Waals surface area (Å²) in [7, 11) is 1.28. The molecule has 1 atom stereocenters. The largest absolute Gasteiger partial charge is 0.479 e. The van der Waals surface area contributed by atoms with Crippen molar-refractivity contribution in [1.82, 2.24) is 15.1 Å². The van der Waals surface area contributed by atoms with Crippen molar-refractivity contribution in [2.24, 2.45) is 0 Å². The third-order valence-electron chi connectivity index (χ3n) is 3.70. The Morgan fingerprint density at radius 2 is 2.04 bits per heavy atom. The number of aromatic nitrogens is 2. The molecule has 1 amide bonds. The van der Waals surface area contributed by atoms with Crippen LogP contribution in [0.1, 0.15) is 23.1 Å². The third-order valence-corrected chi connectivity index (χ3v) is 3.70. The topological polar surface area (TPSA) is 111 Å². The average molecular weight is 363 g/mol. The van der Waals surface area contributed by atoms with E-state index in [1.54, 1.807) is 6.07 Å². The Hall–Kier alpha value is -3.07. The molecule has 0 saturated heterocycles. The Morgan fingerprint density at radius 1 is 1.38 bits per heavy atom. The predicted octanol–water partition coefficient (Wildman–Crippen LogP) is 0.900. The fourth-order valence-corrected chi connectivity index (χ4v) is 2.32. The normalized spacial score (nSPS) is 13.1. The first kappa shape index (κ1) is 19.3. The Bertz CT molecular complexity index is 912. The number of carbonyl (C=O) groups is 2. The van der Waals surface area contributed by atoms with Crippen LogP contribution in [-0.2, 0) is 9.53 Å². The number of halogens is 1. The number of aliphatic carboxylic acids is 1. The number of carboxylic acid groups (broad SMARTS) is 1. The zero-order chi connectivity index (χ0) is 19.5. The van der Waals surface area contributed by atoms with Crippen molar-refractivity contribution in [3.63, 3.8) is 0 Å². The molecule has 2 rings (SSSR count). The fraction of sp³-hybridized carbons (Fsp3) is 0.294. The number of rotatable bonds is 6. The Morgan fingerprint density at radius 3 is 2.62 bits per heavy atom. The molecule has 0 spiro atoms. The first-order valence-corrected chi connectivity index (χ1v) is 7.60. The molecule has 1 aromatic heterocycles. The summed E-state index contributed by atoms with van der Waals surface area (Å²) < 4.78 is 20.0. The fourth-order valence-electron chi connectivity index (χ4n) is 2.32. The summed E-state index contributed by atoms with van der Waals surface area (Å²) in [5.41, 5.74) is -2.65. The average Bonchev–Trinajstić information content (AvgIpc) is 2.55. The van der Waals surface area contributed by atoms with Gasteiger partial charge in [0.25, 0.3) is 5.91 Å². The minimum absolute atomic E-state index is 0.0527. The van der Waals surface area contributed by atoms with Gasteiger partial charge in [0.15, 0.2) is 11.2 Å². The summed E-state index contributed by atoms with van der Waals surface area (Å²) in [5.74, 6) is -2.93. The molecular weight excluding hydrogens is 345 g/mol. The van der Waals surface area contributed by atoms with Crippen LogP contribution in [0.15, 0.2) is 35.1 Å². The maximum Gasteiger partial charge on any atom is 0.331 e. The molecule has 1 aromatic carbocycles. The highest BCUT2D eigenvalue weighted by molar-refractivity contribution is 5.96. The van der Waals surface area contributed by atoms with Crippen LogP contribution in [0.3, 0.4) is 0 Å². The van der Waals surface area contributed by atoms with Crippen LogP contribution in [-0.4, -0.2) is 46.0 Å². The smallest absolute Gasteiger partial charge is 0.331 e. The monoisotopic (exact) mass is 363 g/mol. The molecule has 0 aliphatic heterocycles. The van der Waals surface area contributed by atoms with Crippen molar-refractivity contribution in [1.29, 1.82) is 0 Å². The van der Waals surface area contributed by atoms with E-state index >= 15 is 0 Å². The lowest BCUT2D eigenvalue weighted by Gasteiger charge is -2.25. The van der Waals surface area contributed by atoms with Gasteiger partial charge in [-0.15, -0.1) is 0 Å². The van der Waals surface area contributed by atoms with Gasteiger partial charge in [0, 0.05) is 18.9 Å². The van der Waals surface area contributed by atoms with Crippen LogP contribution in [0.25, 0.3) is 5.69 Å². The van der Waals surface area contributed by atoms with Gasteiger partial charge in [-0.05, 0) is 26.0 Å². The highest BCUT2D eigenvalue weighted by Crippen LogP contribution is 2.13. The second-order valence-corrected chi connectivity index (χ2v) is 5.89. The number of nitrogens with zero attached hydrogens (tertiary/aromatic N) is 2. The van der Waals surface area contributed by atoms with Gasteiger partial charge in [0.05, 0.1) is 6.61 Å². The number of hydrogen-bond donors (Lipinski definition) is 2. The number of aryl methyl sites for hydroxylation is 1. The lowest BCUT2D eigenvalue weighted by atomic mass is 10.0. The van der Waals surface area contributed by atoms with E-state index in [2.05, 4.69) is 10.4 Å². The standard InChI is InChI=1S/C17H18FN3O5/c1-10-8-13(22)14(15(23)19-17(2,9-26-3)16(24)25)20-21(10)12-7-5-4-6-11(12)18/h4-8H,9H2,1-3H3,(H,19,23)(H,24,25). The van der Waals surface area contributed by atoms with Gasteiger partial charge in [0.2, 0.25) is 5.43 Å². The highest BCUT2D eigenvalue weighted by Gasteiger charge is 2.36. The zero-order valence-electron chi connectivity index (χ0n) is 14.4. The second kappa shape index (κ2) is 7.44. The van der Waals surface area contributed by atoms with Crippen molar-refractivity contribution in [2.75, 3.05) is 13.7 Å². The summed E-state index contributed by atoms with van der Waals surface area (Å²) >= 11 is 0. The Labute approximate surface area is 148 Å². The van der Waals surface area contributed by atoms with Crippen LogP contribution in [0.5, 0.6) is 0 Å². The quantitative estimate of drug-likeness (QED) is 0.789. The summed E-state index contributed by atoms with van der Waals surface area (Å²) in [5, 5.41) is 15.4. The number of nitrogens with one attached hydrogen (secondary N) is 1. The number of benzene rings is 1. The molecule has 138 valence electrons. The van der Waals surface area contributed by atoms with Crippen LogP contribution in [0.2, 0.25) is 0 Å². The molecule has 8 nitrogen and oxygen atoms in total. The molecule has 0 aliphatic carbocycles. The van der Waals surface area contributed by atoms with Crippen molar-refractivity contribution in [3.05, 3.63) is 57.8 Å². The SMILES string of the molecule is COCC(C)(NC(=O)c1nn(-c2ccccc2F)c(C)cc1=O)C(=O)O. The van der Waals surface area contributed by atoms with E-state index in [1.807, 2.05) is 0 Å². The summed E-state index contributed by atoms with van der Waals surface area (Å²) in [6.07, 6.45) is 0. The van der Waals surface area contributed by atoms with Crippen molar-refractivity contribution in [2.45, 2.75) is 19.4 Å². The molecule has 0 bridgehead atoms. The number of para-hydroxylation sites is 1. The molecule has 0 radical (unpaired) electrons. The van der Waals surface area contributed by atoms with Gasteiger partial charge in [-0.25, -0.2) is 13.9 Å². The van der Waals surface area contributed by atoms with Crippen molar-refractivity contribution >= 4 is 11.9 Å². The van der Waals surface area contributed by atoms with Crippen molar-refractivity contribution < 1.29 is 23.8 Å². The van der Waals surface area contributed by atoms with Gasteiger partial charge < -0.3 is 15.2 Å². The molecule has 26 heavy (non-hydrogen) atoms. The number of carboxylic acids is 1. The van der Waals surface area contributed by atoms with E-state index in [4.69, 9.17) is 4.74 Å². The van der Waals surface area contributed by atoms with Crippen LogP contribution in [0, 0.1) is 12.7 Å². The summed E-state index contributed by atoms with van der Waals surface area (Å²) in [4.78, 5) is 36.0. The number of carbonyl (C=O) groups excluding carboxylic acids is 1. The van der Waals surface area contributed by atoms with Crippen LogP contribution < -0.4 is 10.7 Å². The molecule has 0 aliphatic rings. The molecule has 2 N–H and O–H groups in total. The van der Waals surface area contributed by atoms with Gasteiger partial charge in [-0.2, -0.15) is 5.10 Å². The maximum atomic E-state index is 14.0. The van der Waals surface area contributed by atoms with Gasteiger partial charge in [-0.3, -0.25) is 9.59 Å². The van der Waals surface area contributed by atoms with Gasteiger partial charge >= 0.3 is 5.97 Å². The Balaban J connectivity index is 2.49. The van der Waals surface area contributed by atoms with E-state index in [1.165, 1.54) is 39.2 Å². The molecule has 1 unspecified atom stereocenters. The number of hydrogen-bond acceptors (Lipinski definition) is 5. The van der Waals surface area contributed by atoms with E-state index in [0.29, 0.717) is 5.69 Å². The number of amides is 1. The van der Waals surface area contributed by atoms with Crippen LogP contribution >= 0.6 is 0 Å². The van der Waals surface area contributed by atoms with E-state index in [-0.39, 0.29) is 12.3 Å². The lowest BCUT2D eigenvalue weighted by Crippen LogP contribution is -2.56. The number of ether oxygens (including phenoxy) is 1. The molecular formula is C17H18FN3O5. The summed E-state index contributed by atoms with van der Waals surface area (Å²) in [6.45, 7) is 2.45. The van der Waals surface area contributed by atoms with E-state index < -0.39 is 34.4 Å². The van der Waals surface area contributed by atoms with Crippen LogP contribution in [0.4, 0.5) is 4.39 Å². The van der Waals surface area contributed by atoms with Gasteiger partial charge in [0.1, 0.15) is 11.5 Å². The minimum Gasteiger partial charge on any atom is -0.479 e. The molecule has 2 aromatic rings. The molecule has 0 fully saturated rings. The predicted molar refractivity (Wildman–Crippen MR) is 89.9 cm³/mol. The van der Waals surface area contributed by atoms with Gasteiger partial charge in [-0.1, -0.05) is 12.1 Å². The first-order valence-electron chi connectivity index (χ1n) is 7.60. The number of methoxy groups -OCH3 is 1. The van der Waals surface area contributed by atoms with Crippen molar-refractivity contribution in [3.8, 4) is 5.69 Å². The van der Waals surface area contributed by atoms with E-state index in [0.717, 1.165) is 10.7 Å². The summed E-state index contributed by atoms with van der Waals surface area (Å²) in [6, 6.07) is 6.86. The highest BCUT2D eigenvalue weighted by atomic mass is 19.1. The Kier molecular flexibility index (Phi) is 5.51. The first-order chi connectivity index (χ1) is 12.2. The molecule has 1 heterocycles.